The minimum Gasteiger partial charge on any atom is -0.388 e. The highest BCUT2D eigenvalue weighted by Gasteiger charge is 2.18. The van der Waals surface area contributed by atoms with Crippen molar-refractivity contribution in [2.45, 2.75) is 11.3 Å². The average Bonchev–Trinajstić information content (AvgIpc) is 3.18. The van der Waals surface area contributed by atoms with Gasteiger partial charge in [-0.15, -0.1) is 10.2 Å². The van der Waals surface area contributed by atoms with Crippen LogP contribution in [0.15, 0.2) is 84.3 Å². The molecule has 28 heavy (non-hydrogen) atoms. The van der Waals surface area contributed by atoms with Crippen LogP contribution in [-0.4, -0.2) is 30.6 Å². The highest BCUT2D eigenvalue weighted by atomic mass is 32.2. The lowest BCUT2D eigenvalue weighted by atomic mass is 10.1. The fourth-order valence-corrected chi connectivity index (χ4v) is 3.72. The first-order valence-corrected chi connectivity index (χ1v) is 9.68. The van der Waals surface area contributed by atoms with Gasteiger partial charge in [-0.2, -0.15) is 0 Å². The molecule has 0 saturated heterocycles. The molecule has 0 aliphatic rings. The fourth-order valence-electron chi connectivity index (χ4n) is 2.80. The first kappa shape index (κ1) is 18.3. The van der Waals surface area contributed by atoms with E-state index in [0.29, 0.717) is 16.7 Å². The van der Waals surface area contributed by atoms with Crippen LogP contribution in [0.2, 0.25) is 0 Å². The van der Waals surface area contributed by atoms with Gasteiger partial charge >= 0.3 is 0 Å². The van der Waals surface area contributed by atoms with E-state index in [2.05, 4.69) is 15.2 Å². The van der Waals surface area contributed by atoms with E-state index < -0.39 is 6.10 Å². The summed E-state index contributed by atoms with van der Waals surface area (Å²) in [5.74, 6) is 0.737. The van der Waals surface area contributed by atoms with Crippen LogP contribution in [0.1, 0.15) is 11.7 Å². The minimum atomic E-state index is -0.631. The Kier molecular flexibility index (Phi) is 5.45. The molecule has 0 amide bonds. The minimum absolute atomic E-state index is 0.309. The monoisotopic (exact) mass is 392 g/mol. The summed E-state index contributed by atoms with van der Waals surface area (Å²) in [5.41, 5.74) is 2.44. The molecule has 0 saturated carbocycles. The molecule has 1 unspecified atom stereocenters. The first-order chi connectivity index (χ1) is 13.7. The number of aliphatic hydroxyl groups is 1. The maximum atomic E-state index is 13.4. The van der Waals surface area contributed by atoms with Crippen LogP contribution < -0.4 is 0 Å². The standard InChI is InChI=1S/C21H17FN4OS/c22-17-6-8-18(9-7-17)26-20(16-10-12-23-13-11-16)24-25-21(26)28-14-19(27)15-4-2-1-3-5-15/h1-13,19,27H,14H2. The maximum absolute atomic E-state index is 13.4. The second-order valence-electron chi connectivity index (χ2n) is 6.09. The van der Waals surface area contributed by atoms with Crippen LogP contribution in [-0.2, 0) is 0 Å². The van der Waals surface area contributed by atoms with Gasteiger partial charge in [-0.3, -0.25) is 9.55 Å². The lowest BCUT2D eigenvalue weighted by Gasteiger charge is -2.13. The molecule has 4 aromatic rings. The van der Waals surface area contributed by atoms with Gasteiger partial charge in [0.1, 0.15) is 5.82 Å². The molecule has 5 nitrogen and oxygen atoms in total. The quantitative estimate of drug-likeness (QED) is 0.496. The number of hydrogen-bond donors (Lipinski definition) is 1. The molecule has 140 valence electrons. The smallest absolute Gasteiger partial charge is 0.196 e. The predicted octanol–water partition coefficient (Wildman–Crippen LogP) is 4.29. The number of benzene rings is 2. The SMILES string of the molecule is OC(CSc1nnc(-c2ccncc2)n1-c1ccc(F)cc1)c1ccccc1. The molecule has 0 radical (unpaired) electrons. The number of rotatable bonds is 6. The number of nitrogens with zero attached hydrogens (tertiary/aromatic N) is 4. The van der Waals surface area contributed by atoms with Crippen molar-refractivity contribution in [2.24, 2.45) is 0 Å². The van der Waals surface area contributed by atoms with Gasteiger partial charge in [-0.05, 0) is 42.0 Å². The lowest BCUT2D eigenvalue weighted by molar-refractivity contribution is 0.204. The number of pyridine rings is 1. The van der Waals surface area contributed by atoms with E-state index in [-0.39, 0.29) is 5.82 Å². The molecule has 1 atom stereocenters. The molecule has 2 aromatic carbocycles. The summed E-state index contributed by atoms with van der Waals surface area (Å²) in [6.45, 7) is 0. The summed E-state index contributed by atoms with van der Waals surface area (Å²) in [6.07, 6.45) is 2.74. The molecule has 2 aromatic heterocycles. The van der Waals surface area contributed by atoms with Crippen molar-refractivity contribution >= 4 is 11.8 Å². The highest BCUT2D eigenvalue weighted by Crippen LogP contribution is 2.30. The second kappa shape index (κ2) is 8.33. The first-order valence-electron chi connectivity index (χ1n) is 8.70. The third-order valence-corrected chi connectivity index (χ3v) is 5.22. The summed E-state index contributed by atoms with van der Waals surface area (Å²) < 4.78 is 15.3. The summed E-state index contributed by atoms with van der Waals surface area (Å²) in [4.78, 5) is 4.04. The van der Waals surface area contributed by atoms with Crippen LogP contribution >= 0.6 is 11.8 Å². The van der Waals surface area contributed by atoms with Crippen LogP contribution in [0.4, 0.5) is 4.39 Å². The van der Waals surface area contributed by atoms with Crippen molar-refractivity contribution in [3.05, 3.63) is 90.5 Å². The van der Waals surface area contributed by atoms with E-state index in [0.717, 1.165) is 16.8 Å². The van der Waals surface area contributed by atoms with Crippen molar-refractivity contribution in [3.63, 3.8) is 0 Å². The Morgan fingerprint density at radius 1 is 0.929 bits per heavy atom. The van der Waals surface area contributed by atoms with Gasteiger partial charge in [0.2, 0.25) is 0 Å². The van der Waals surface area contributed by atoms with E-state index in [4.69, 9.17) is 0 Å². The number of halogens is 1. The molecular formula is C21H17FN4OS. The van der Waals surface area contributed by atoms with Crippen LogP contribution in [0.3, 0.4) is 0 Å². The van der Waals surface area contributed by atoms with Gasteiger partial charge in [0, 0.05) is 29.4 Å². The van der Waals surface area contributed by atoms with Gasteiger partial charge in [0.05, 0.1) is 6.10 Å². The van der Waals surface area contributed by atoms with Gasteiger partial charge < -0.3 is 5.11 Å². The summed E-state index contributed by atoms with van der Waals surface area (Å²) in [7, 11) is 0. The van der Waals surface area contributed by atoms with Crippen LogP contribution in [0.5, 0.6) is 0 Å². The molecule has 4 rings (SSSR count). The molecule has 0 fully saturated rings. The van der Waals surface area contributed by atoms with Crippen molar-refractivity contribution in [3.8, 4) is 17.1 Å². The Bertz CT molecular complexity index is 1040. The van der Waals surface area contributed by atoms with Gasteiger partial charge in [-0.1, -0.05) is 42.1 Å². The largest absolute Gasteiger partial charge is 0.388 e. The van der Waals surface area contributed by atoms with Crippen LogP contribution in [0, 0.1) is 5.82 Å². The van der Waals surface area contributed by atoms with E-state index >= 15 is 0 Å². The molecule has 0 aliphatic heterocycles. The van der Waals surface area contributed by atoms with E-state index in [1.807, 2.05) is 47.0 Å². The van der Waals surface area contributed by atoms with E-state index in [9.17, 15) is 9.50 Å². The molecule has 0 spiro atoms. The summed E-state index contributed by atoms with van der Waals surface area (Å²) in [5, 5.41) is 19.7. The topological polar surface area (TPSA) is 63.8 Å². The normalized spacial score (nSPS) is 12.1. The predicted molar refractivity (Wildman–Crippen MR) is 107 cm³/mol. The Morgan fingerprint density at radius 3 is 2.36 bits per heavy atom. The van der Waals surface area contributed by atoms with Gasteiger partial charge in [-0.25, -0.2) is 4.39 Å². The lowest BCUT2D eigenvalue weighted by Crippen LogP contribution is -2.04. The zero-order valence-electron chi connectivity index (χ0n) is 14.8. The number of aromatic nitrogens is 4. The van der Waals surface area contributed by atoms with E-state index in [1.165, 1.54) is 23.9 Å². The number of hydrogen-bond acceptors (Lipinski definition) is 5. The highest BCUT2D eigenvalue weighted by molar-refractivity contribution is 7.99. The number of thioether (sulfide) groups is 1. The van der Waals surface area contributed by atoms with Crippen molar-refractivity contribution in [2.75, 3.05) is 5.75 Å². The Labute approximate surface area is 165 Å². The molecular weight excluding hydrogens is 375 g/mol. The second-order valence-corrected chi connectivity index (χ2v) is 7.08. The Morgan fingerprint density at radius 2 is 1.64 bits per heavy atom. The molecule has 7 heteroatoms. The van der Waals surface area contributed by atoms with Crippen molar-refractivity contribution < 1.29 is 9.50 Å². The summed E-state index contributed by atoms with van der Waals surface area (Å²) in [6, 6.07) is 19.3. The van der Waals surface area contributed by atoms with Crippen molar-refractivity contribution in [1.82, 2.24) is 19.7 Å². The molecule has 2 heterocycles. The molecule has 1 N–H and O–H groups in total. The maximum Gasteiger partial charge on any atom is 0.196 e. The molecule has 0 bridgehead atoms. The average molecular weight is 392 g/mol. The van der Waals surface area contributed by atoms with E-state index in [1.54, 1.807) is 24.5 Å². The van der Waals surface area contributed by atoms with Gasteiger partial charge in [0.15, 0.2) is 11.0 Å². The molecule has 0 aliphatic carbocycles. The van der Waals surface area contributed by atoms with Crippen LogP contribution in [0.25, 0.3) is 17.1 Å². The summed E-state index contributed by atoms with van der Waals surface area (Å²) >= 11 is 1.39. The zero-order chi connectivity index (χ0) is 19.3. The van der Waals surface area contributed by atoms with Gasteiger partial charge in [0.25, 0.3) is 0 Å². The third-order valence-electron chi connectivity index (χ3n) is 4.21. The fraction of sp³-hybridized carbons (Fsp3) is 0.0952. The third kappa shape index (κ3) is 3.95. The Balaban J connectivity index is 1.67. The van der Waals surface area contributed by atoms with Crippen molar-refractivity contribution in [1.29, 1.82) is 0 Å². The number of aliphatic hydroxyl groups excluding tert-OH is 1. The zero-order valence-corrected chi connectivity index (χ0v) is 15.6. The Hall–Kier alpha value is -3.03.